The molecule has 2 aromatic carbocycles. The molecule has 0 bridgehead atoms. The molecule has 1 saturated heterocycles. The van der Waals surface area contributed by atoms with Crippen molar-refractivity contribution in [1.82, 2.24) is 14.5 Å². The van der Waals surface area contributed by atoms with Gasteiger partial charge in [-0.05, 0) is 49.2 Å². The van der Waals surface area contributed by atoms with E-state index < -0.39 is 0 Å². The molecule has 3 aromatic rings. The first-order chi connectivity index (χ1) is 15.2. The smallest absolute Gasteiger partial charge is 0.223 e. The molecule has 1 aliphatic heterocycles. The maximum absolute atomic E-state index is 12.4. The van der Waals surface area contributed by atoms with E-state index in [1.54, 1.807) is 13.2 Å². The minimum atomic E-state index is 0.121. The van der Waals surface area contributed by atoms with Crippen LogP contribution >= 0.6 is 0 Å². The number of likely N-dealkylation sites (tertiary alicyclic amines) is 1. The normalized spacial score (nSPS) is 16.1. The van der Waals surface area contributed by atoms with Gasteiger partial charge in [-0.2, -0.15) is 0 Å². The molecular formula is C25H29N3O3. The van der Waals surface area contributed by atoms with Gasteiger partial charge < -0.3 is 18.9 Å². The number of nitrogens with zero attached hydrogens (tertiary/aromatic N) is 3. The van der Waals surface area contributed by atoms with Crippen LogP contribution in [0, 0.1) is 0 Å². The zero-order valence-electron chi connectivity index (χ0n) is 18.0. The van der Waals surface area contributed by atoms with E-state index >= 15 is 0 Å². The number of aryl methyl sites for hydroxylation is 1. The number of hydrogen-bond acceptors (Lipinski definition) is 4. The zero-order valence-corrected chi connectivity index (χ0v) is 18.0. The van der Waals surface area contributed by atoms with Crippen molar-refractivity contribution in [2.24, 2.45) is 0 Å². The van der Waals surface area contributed by atoms with E-state index in [9.17, 15) is 4.79 Å². The van der Waals surface area contributed by atoms with Gasteiger partial charge in [0.05, 0.1) is 24.8 Å². The standard InChI is InChI=1S/C25H29N3O3/c1-3-14-27-18-19(17-24(27)29)25-26-22-8-4-5-9-23(22)28(25)15-6-7-16-31-21-12-10-20(30-2)11-13-21/h3-5,8-13,19H,1,6-7,14-18H2,2H3. The van der Waals surface area contributed by atoms with Crippen molar-refractivity contribution in [2.75, 3.05) is 26.8 Å². The van der Waals surface area contributed by atoms with E-state index in [0.717, 1.165) is 47.7 Å². The number of benzene rings is 2. The van der Waals surface area contributed by atoms with Gasteiger partial charge >= 0.3 is 0 Å². The third-order valence-corrected chi connectivity index (χ3v) is 5.72. The van der Waals surface area contributed by atoms with Crippen LogP contribution in [0.2, 0.25) is 0 Å². The maximum atomic E-state index is 12.4. The number of carbonyl (C=O) groups is 1. The van der Waals surface area contributed by atoms with Gasteiger partial charge in [0.25, 0.3) is 0 Å². The van der Waals surface area contributed by atoms with Gasteiger partial charge in [0.15, 0.2) is 0 Å². The number of ether oxygens (including phenoxy) is 2. The first kappa shape index (κ1) is 21.0. The second kappa shape index (κ2) is 9.69. The Morgan fingerprint density at radius 3 is 2.68 bits per heavy atom. The van der Waals surface area contributed by atoms with Gasteiger partial charge in [-0.15, -0.1) is 6.58 Å². The van der Waals surface area contributed by atoms with Crippen molar-refractivity contribution in [3.63, 3.8) is 0 Å². The Hall–Kier alpha value is -3.28. The molecule has 1 fully saturated rings. The number of carbonyl (C=O) groups excluding carboxylic acids is 1. The molecule has 162 valence electrons. The van der Waals surface area contributed by atoms with Crippen molar-refractivity contribution in [2.45, 2.75) is 31.7 Å². The molecule has 31 heavy (non-hydrogen) atoms. The fourth-order valence-corrected chi connectivity index (χ4v) is 4.15. The van der Waals surface area contributed by atoms with Crippen LogP contribution in [-0.2, 0) is 11.3 Å². The molecule has 1 unspecified atom stereocenters. The first-order valence-corrected chi connectivity index (χ1v) is 10.8. The summed E-state index contributed by atoms with van der Waals surface area (Å²) in [6, 6.07) is 15.9. The quantitative estimate of drug-likeness (QED) is 0.361. The van der Waals surface area contributed by atoms with Gasteiger partial charge in [0, 0.05) is 32.0 Å². The first-order valence-electron chi connectivity index (χ1n) is 10.8. The van der Waals surface area contributed by atoms with E-state index in [4.69, 9.17) is 14.5 Å². The third-order valence-electron chi connectivity index (χ3n) is 5.72. The Labute approximate surface area is 183 Å². The van der Waals surface area contributed by atoms with Crippen LogP contribution in [-0.4, -0.2) is 47.2 Å². The van der Waals surface area contributed by atoms with Gasteiger partial charge in [0.1, 0.15) is 17.3 Å². The van der Waals surface area contributed by atoms with Crippen molar-refractivity contribution in [3.05, 3.63) is 67.0 Å². The van der Waals surface area contributed by atoms with E-state index in [2.05, 4.69) is 17.2 Å². The van der Waals surface area contributed by atoms with Crippen molar-refractivity contribution in [3.8, 4) is 11.5 Å². The number of imidazole rings is 1. The summed E-state index contributed by atoms with van der Waals surface area (Å²) in [5, 5.41) is 0. The number of amides is 1. The molecule has 0 aliphatic carbocycles. The Bertz CT molecular complexity index is 1040. The van der Waals surface area contributed by atoms with Gasteiger partial charge in [-0.3, -0.25) is 4.79 Å². The number of rotatable bonds is 10. The van der Waals surface area contributed by atoms with Crippen LogP contribution in [0.4, 0.5) is 0 Å². The van der Waals surface area contributed by atoms with Crippen LogP contribution < -0.4 is 9.47 Å². The Balaban J connectivity index is 1.40. The number of hydrogen-bond donors (Lipinski definition) is 0. The van der Waals surface area contributed by atoms with Crippen LogP contribution in [0.5, 0.6) is 11.5 Å². The Kier molecular flexibility index (Phi) is 6.55. The lowest BCUT2D eigenvalue weighted by Gasteiger charge is -2.15. The molecule has 0 saturated carbocycles. The summed E-state index contributed by atoms with van der Waals surface area (Å²) in [6.07, 6.45) is 4.20. The monoisotopic (exact) mass is 419 g/mol. The van der Waals surface area contributed by atoms with Gasteiger partial charge in [-0.1, -0.05) is 18.2 Å². The fraction of sp³-hybridized carbons (Fsp3) is 0.360. The number of aromatic nitrogens is 2. The zero-order chi connectivity index (χ0) is 21.6. The minimum Gasteiger partial charge on any atom is -0.497 e. The average molecular weight is 420 g/mol. The van der Waals surface area contributed by atoms with E-state index in [1.807, 2.05) is 47.4 Å². The lowest BCUT2D eigenvalue weighted by Crippen LogP contribution is -2.25. The largest absolute Gasteiger partial charge is 0.497 e. The summed E-state index contributed by atoms with van der Waals surface area (Å²) in [6.45, 7) is 6.57. The van der Waals surface area contributed by atoms with Crippen molar-refractivity contribution in [1.29, 1.82) is 0 Å². The number of unbranched alkanes of at least 4 members (excludes halogenated alkanes) is 1. The Morgan fingerprint density at radius 1 is 1.13 bits per heavy atom. The molecule has 0 N–H and O–H groups in total. The summed E-state index contributed by atoms with van der Waals surface area (Å²) in [4.78, 5) is 19.1. The molecule has 4 rings (SSSR count). The topological polar surface area (TPSA) is 56.6 Å². The second-order valence-corrected chi connectivity index (χ2v) is 7.83. The number of para-hydroxylation sites is 2. The maximum Gasteiger partial charge on any atom is 0.223 e. The van der Waals surface area contributed by atoms with Crippen LogP contribution in [0.25, 0.3) is 11.0 Å². The predicted octanol–water partition coefficient (Wildman–Crippen LogP) is 4.41. The summed E-state index contributed by atoms with van der Waals surface area (Å²) in [7, 11) is 1.66. The van der Waals surface area contributed by atoms with Gasteiger partial charge in [0.2, 0.25) is 5.91 Å². The van der Waals surface area contributed by atoms with E-state index in [0.29, 0.717) is 26.1 Å². The molecule has 0 radical (unpaired) electrons. The molecule has 6 nitrogen and oxygen atoms in total. The van der Waals surface area contributed by atoms with Crippen LogP contribution in [0.15, 0.2) is 61.2 Å². The highest BCUT2D eigenvalue weighted by atomic mass is 16.5. The van der Waals surface area contributed by atoms with Gasteiger partial charge in [-0.25, -0.2) is 4.98 Å². The lowest BCUT2D eigenvalue weighted by molar-refractivity contribution is -0.127. The average Bonchev–Trinajstić information content (AvgIpc) is 3.34. The van der Waals surface area contributed by atoms with Crippen molar-refractivity contribution >= 4 is 16.9 Å². The van der Waals surface area contributed by atoms with Crippen molar-refractivity contribution < 1.29 is 14.3 Å². The molecule has 1 atom stereocenters. The number of methoxy groups -OCH3 is 1. The minimum absolute atomic E-state index is 0.121. The highest BCUT2D eigenvalue weighted by molar-refractivity contribution is 5.81. The van der Waals surface area contributed by atoms with E-state index in [-0.39, 0.29) is 11.8 Å². The summed E-state index contributed by atoms with van der Waals surface area (Å²) >= 11 is 0. The molecule has 2 heterocycles. The summed E-state index contributed by atoms with van der Waals surface area (Å²) in [5.74, 6) is 2.98. The highest BCUT2D eigenvalue weighted by Crippen LogP contribution is 2.30. The molecular weight excluding hydrogens is 390 g/mol. The fourth-order valence-electron chi connectivity index (χ4n) is 4.15. The Morgan fingerprint density at radius 2 is 1.90 bits per heavy atom. The van der Waals surface area contributed by atoms with Crippen LogP contribution in [0.1, 0.15) is 31.0 Å². The molecule has 1 aromatic heterocycles. The lowest BCUT2D eigenvalue weighted by atomic mass is 10.1. The summed E-state index contributed by atoms with van der Waals surface area (Å²) in [5.41, 5.74) is 2.12. The molecule has 1 aliphatic rings. The SMILES string of the molecule is C=CCN1CC(c2nc3ccccc3n2CCCCOc2ccc(OC)cc2)CC1=O. The third kappa shape index (κ3) is 4.74. The molecule has 1 amide bonds. The molecule has 6 heteroatoms. The second-order valence-electron chi connectivity index (χ2n) is 7.83. The van der Waals surface area contributed by atoms with Crippen LogP contribution in [0.3, 0.4) is 0 Å². The predicted molar refractivity (Wildman–Crippen MR) is 122 cm³/mol. The molecule has 0 spiro atoms. The summed E-state index contributed by atoms with van der Waals surface area (Å²) < 4.78 is 13.3. The highest BCUT2D eigenvalue weighted by Gasteiger charge is 2.33. The van der Waals surface area contributed by atoms with E-state index in [1.165, 1.54) is 0 Å². The number of fused-ring (bicyclic) bond motifs is 1.